The third-order valence-electron chi connectivity index (χ3n) is 3.22. The lowest BCUT2D eigenvalue weighted by atomic mass is 10.1. The summed E-state index contributed by atoms with van der Waals surface area (Å²) in [6, 6.07) is 12.9. The quantitative estimate of drug-likeness (QED) is 0.825. The van der Waals surface area contributed by atoms with Gasteiger partial charge in [0.2, 0.25) is 0 Å². The highest BCUT2D eigenvalue weighted by Crippen LogP contribution is 2.18. The number of anilines is 1. The van der Waals surface area contributed by atoms with E-state index in [9.17, 15) is 4.39 Å². The number of benzene rings is 2. The molecule has 0 fully saturated rings. The Bertz CT molecular complexity index is 626. The first-order valence-electron chi connectivity index (χ1n) is 6.51. The number of hydrogen-bond donors (Lipinski definition) is 2. The fourth-order valence-corrected chi connectivity index (χ4v) is 2.20. The van der Waals surface area contributed by atoms with Crippen LogP contribution in [-0.4, -0.2) is 4.99 Å². The van der Waals surface area contributed by atoms with Gasteiger partial charge in [0.05, 0.1) is 5.69 Å². The summed E-state index contributed by atoms with van der Waals surface area (Å²) in [4.78, 5) is 0.201. The largest absolute Gasteiger partial charge is 0.389 e. The van der Waals surface area contributed by atoms with Crippen molar-refractivity contribution in [2.75, 3.05) is 5.32 Å². The lowest BCUT2D eigenvalue weighted by Crippen LogP contribution is -2.10. The summed E-state index contributed by atoms with van der Waals surface area (Å²) in [5.41, 5.74) is 8.91. The van der Waals surface area contributed by atoms with Crippen LogP contribution in [0.4, 0.5) is 10.1 Å². The van der Waals surface area contributed by atoms with Crippen LogP contribution in [0.5, 0.6) is 0 Å². The fourth-order valence-electron chi connectivity index (χ4n) is 2.08. The standard InChI is InChI=1S/C16H17FN2S/c1-2-11-5-3-4-6-13(11)10-19-15-8-7-12(16(18)20)9-14(15)17/h3-9,19H,2,10H2,1H3,(H2,18,20). The maximum Gasteiger partial charge on any atom is 0.146 e. The molecule has 3 N–H and O–H groups in total. The third-order valence-corrected chi connectivity index (χ3v) is 3.46. The first-order valence-corrected chi connectivity index (χ1v) is 6.92. The molecule has 0 atom stereocenters. The molecule has 0 amide bonds. The molecule has 0 bridgehead atoms. The second-order valence-corrected chi connectivity index (χ2v) is 4.97. The van der Waals surface area contributed by atoms with Crippen molar-refractivity contribution in [2.45, 2.75) is 19.9 Å². The molecular formula is C16H17FN2S. The van der Waals surface area contributed by atoms with Crippen LogP contribution in [-0.2, 0) is 13.0 Å². The molecule has 0 aliphatic rings. The van der Waals surface area contributed by atoms with Gasteiger partial charge >= 0.3 is 0 Å². The predicted octanol–water partition coefficient (Wildman–Crippen LogP) is 3.63. The molecule has 104 valence electrons. The van der Waals surface area contributed by atoms with E-state index in [1.165, 1.54) is 17.2 Å². The van der Waals surface area contributed by atoms with Crippen LogP contribution in [0.15, 0.2) is 42.5 Å². The smallest absolute Gasteiger partial charge is 0.146 e. The second-order valence-electron chi connectivity index (χ2n) is 4.53. The number of rotatable bonds is 5. The van der Waals surface area contributed by atoms with Crippen LogP contribution in [0.25, 0.3) is 0 Å². The van der Waals surface area contributed by atoms with Crippen molar-refractivity contribution >= 4 is 22.9 Å². The maximum atomic E-state index is 13.9. The Kier molecular flexibility index (Phi) is 4.69. The molecule has 0 saturated heterocycles. The van der Waals surface area contributed by atoms with Crippen LogP contribution < -0.4 is 11.1 Å². The SMILES string of the molecule is CCc1ccccc1CNc1ccc(C(N)=S)cc1F. The van der Waals surface area contributed by atoms with Gasteiger partial charge < -0.3 is 11.1 Å². The minimum atomic E-state index is -0.343. The van der Waals surface area contributed by atoms with Crippen molar-refractivity contribution in [3.05, 3.63) is 65.0 Å². The number of nitrogens with two attached hydrogens (primary N) is 1. The van der Waals surface area contributed by atoms with Gasteiger partial charge in [0.1, 0.15) is 10.8 Å². The number of thiocarbonyl (C=S) groups is 1. The normalized spacial score (nSPS) is 10.3. The van der Waals surface area contributed by atoms with Gasteiger partial charge in [-0.3, -0.25) is 0 Å². The van der Waals surface area contributed by atoms with Gasteiger partial charge in [-0.2, -0.15) is 0 Å². The number of nitrogens with one attached hydrogen (secondary N) is 1. The van der Waals surface area contributed by atoms with Gasteiger partial charge in [-0.15, -0.1) is 0 Å². The summed E-state index contributed by atoms with van der Waals surface area (Å²) in [5.74, 6) is -0.343. The van der Waals surface area contributed by atoms with Crippen LogP contribution in [0.2, 0.25) is 0 Å². The van der Waals surface area contributed by atoms with Crippen molar-refractivity contribution in [2.24, 2.45) is 5.73 Å². The summed E-state index contributed by atoms with van der Waals surface area (Å²) >= 11 is 4.83. The van der Waals surface area contributed by atoms with E-state index in [1.54, 1.807) is 12.1 Å². The molecule has 0 aliphatic carbocycles. The van der Waals surface area contributed by atoms with Crippen LogP contribution in [0, 0.1) is 5.82 Å². The molecule has 0 unspecified atom stereocenters. The van der Waals surface area contributed by atoms with Gasteiger partial charge in [0.15, 0.2) is 0 Å². The molecule has 4 heteroatoms. The molecule has 20 heavy (non-hydrogen) atoms. The van der Waals surface area contributed by atoms with E-state index in [1.807, 2.05) is 18.2 Å². The minimum absolute atomic E-state index is 0.201. The third kappa shape index (κ3) is 3.33. The average Bonchev–Trinajstić information content (AvgIpc) is 2.46. The molecule has 0 radical (unpaired) electrons. The van der Waals surface area contributed by atoms with Crippen LogP contribution in [0.3, 0.4) is 0 Å². The van der Waals surface area contributed by atoms with E-state index >= 15 is 0 Å². The Morgan fingerprint density at radius 1 is 1.20 bits per heavy atom. The Balaban J connectivity index is 2.13. The fraction of sp³-hybridized carbons (Fsp3) is 0.188. The number of halogens is 1. The van der Waals surface area contributed by atoms with E-state index in [0.717, 1.165) is 6.42 Å². The van der Waals surface area contributed by atoms with E-state index in [4.69, 9.17) is 18.0 Å². The maximum absolute atomic E-state index is 13.9. The highest BCUT2D eigenvalue weighted by atomic mass is 32.1. The molecular weight excluding hydrogens is 271 g/mol. The lowest BCUT2D eigenvalue weighted by Gasteiger charge is -2.11. The molecule has 0 aliphatic heterocycles. The zero-order valence-electron chi connectivity index (χ0n) is 11.3. The van der Waals surface area contributed by atoms with Gasteiger partial charge in [0, 0.05) is 12.1 Å². The van der Waals surface area contributed by atoms with Crippen LogP contribution in [0.1, 0.15) is 23.6 Å². The summed E-state index contributed by atoms with van der Waals surface area (Å²) in [6.45, 7) is 2.70. The monoisotopic (exact) mass is 288 g/mol. The van der Waals surface area contributed by atoms with Crippen molar-refractivity contribution in [1.82, 2.24) is 0 Å². The second kappa shape index (κ2) is 6.48. The summed E-state index contributed by atoms with van der Waals surface area (Å²) in [7, 11) is 0. The Morgan fingerprint density at radius 3 is 2.50 bits per heavy atom. The average molecular weight is 288 g/mol. The molecule has 0 aromatic heterocycles. The van der Waals surface area contributed by atoms with Crippen molar-refractivity contribution in [3.63, 3.8) is 0 Å². The first kappa shape index (κ1) is 14.5. The van der Waals surface area contributed by atoms with Crippen molar-refractivity contribution < 1.29 is 4.39 Å². The summed E-state index contributed by atoms with van der Waals surface area (Å²) in [5, 5.41) is 3.11. The molecule has 0 spiro atoms. The molecule has 0 heterocycles. The molecule has 2 nitrogen and oxygen atoms in total. The molecule has 2 aromatic carbocycles. The topological polar surface area (TPSA) is 38.0 Å². The number of aryl methyl sites for hydroxylation is 1. The zero-order valence-corrected chi connectivity index (χ0v) is 12.1. The highest BCUT2D eigenvalue weighted by Gasteiger charge is 2.06. The van der Waals surface area contributed by atoms with E-state index in [-0.39, 0.29) is 10.8 Å². The van der Waals surface area contributed by atoms with E-state index in [0.29, 0.717) is 17.8 Å². The molecule has 0 saturated carbocycles. The molecule has 2 aromatic rings. The van der Waals surface area contributed by atoms with Gasteiger partial charge in [-0.05, 0) is 35.7 Å². The summed E-state index contributed by atoms with van der Waals surface area (Å²) in [6.07, 6.45) is 0.959. The lowest BCUT2D eigenvalue weighted by molar-refractivity contribution is 0.630. The van der Waals surface area contributed by atoms with E-state index < -0.39 is 0 Å². The van der Waals surface area contributed by atoms with E-state index in [2.05, 4.69) is 18.3 Å². The minimum Gasteiger partial charge on any atom is -0.389 e. The predicted molar refractivity (Wildman–Crippen MR) is 85.4 cm³/mol. The Labute approximate surface area is 123 Å². The van der Waals surface area contributed by atoms with Crippen LogP contribution >= 0.6 is 12.2 Å². The van der Waals surface area contributed by atoms with Gasteiger partial charge in [0.25, 0.3) is 0 Å². The Hall–Kier alpha value is -1.94. The first-order chi connectivity index (χ1) is 9.61. The highest BCUT2D eigenvalue weighted by molar-refractivity contribution is 7.80. The van der Waals surface area contributed by atoms with Crippen molar-refractivity contribution in [1.29, 1.82) is 0 Å². The zero-order chi connectivity index (χ0) is 14.5. The van der Waals surface area contributed by atoms with Gasteiger partial charge in [-0.1, -0.05) is 43.4 Å². The Morgan fingerprint density at radius 2 is 1.90 bits per heavy atom. The number of hydrogen-bond acceptors (Lipinski definition) is 2. The molecule has 2 rings (SSSR count). The van der Waals surface area contributed by atoms with Crippen molar-refractivity contribution in [3.8, 4) is 0 Å². The van der Waals surface area contributed by atoms with Gasteiger partial charge in [-0.25, -0.2) is 4.39 Å². The summed E-state index contributed by atoms with van der Waals surface area (Å²) < 4.78 is 13.9.